The van der Waals surface area contributed by atoms with Crippen LogP contribution in [0, 0.1) is 17.6 Å². The van der Waals surface area contributed by atoms with E-state index in [9.17, 15) is 0 Å². The summed E-state index contributed by atoms with van der Waals surface area (Å²) in [6.07, 6.45) is 10.3. The molecule has 1 aliphatic carbocycles. The van der Waals surface area contributed by atoms with E-state index in [0.717, 1.165) is 29.1 Å². The van der Waals surface area contributed by atoms with Gasteiger partial charge in [-0.1, -0.05) is 24.6 Å². The largest absolute Gasteiger partial charge is 0.314 e. The number of nitrogens with zero attached hydrogens (tertiary/aromatic N) is 3. The number of para-hydroxylation sites is 1. The van der Waals surface area contributed by atoms with Crippen molar-refractivity contribution in [3.8, 4) is 5.69 Å². The van der Waals surface area contributed by atoms with Gasteiger partial charge in [0, 0.05) is 5.92 Å². The Hall–Kier alpha value is -1.46. The van der Waals surface area contributed by atoms with Gasteiger partial charge < -0.3 is 4.90 Å². The van der Waals surface area contributed by atoms with Crippen molar-refractivity contribution in [3.63, 3.8) is 0 Å². The lowest BCUT2D eigenvalue weighted by atomic mass is 9.78. The number of aromatic nitrogens is 3. The minimum absolute atomic E-state index is 0.815. The first kappa shape index (κ1) is 16.0. The maximum atomic E-state index is 5.73. The van der Waals surface area contributed by atoms with Crippen molar-refractivity contribution >= 4 is 12.2 Å². The lowest BCUT2D eigenvalue weighted by Crippen LogP contribution is -3.17. The molecule has 1 N–H and O–H groups in total. The van der Waals surface area contributed by atoms with Crippen LogP contribution in [0.3, 0.4) is 0 Å². The van der Waals surface area contributed by atoms with Gasteiger partial charge in [-0.15, -0.1) is 0 Å². The van der Waals surface area contributed by atoms with Crippen molar-refractivity contribution in [1.82, 2.24) is 14.3 Å². The van der Waals surface area contributed by atoms with Crippen LogP contribution in [-0.4, -0.2) is 26.9 Å². The molecule has 3 atom stereocenters. The Morgan fingerprint density at radius 1 is 1.17 bits per heavy atom. The molecule has 1 aliphatic heterocycles. The van der Waals surface area contributed by atoms with Crippen molar-refractivity contribution in [3.05, 3.63) is 40.9 Å². The van der Waals surface area contributed by atoms with Crippen LogP contribution in [0.5, 0.6) is 0 Å². The highest BCUT2D eigenvalue weighted by molar-refractivity contribution is 7.71. The molecular weight excluding hydrogens is 316 g/mol. The number of fused-ring (bicyclic) bond motifs is 1. The number of hydrogen-bond donors (Lipinski definition) is 1. The molecule has 0 bridgehead atoms. The van der Waals surface area contributed by atoms with Gasteiger partial charge >= 0.3 is 0 Å². The van der Waals surface area contributed by atoms with Gasteiger partial charge in [-0.05, 0) is 62.9 Å². The topological polar surface area (TPSA) is 27.2 Å². The molecule has 128 valence electrons. The highest BCUT2D eigenvalue weighted by Crippen LogP contribution is 2.28. The maximum Gasteiger partial charge on any atom is 0.207 e. The average molecular weight is 344 g/mol. The van der Waals surface area contributed by atoms with Gasteiger partial charge in [0.25, 0.3) is 0 Å². The Kier molecular flexibility index (Phi) is 4.55. The first-order valence-corrected chi connectivity index (χ1v) is 9.70. The summed E-state index contributed by atoms with van der Waals surface area (Å²) in [5.74, 6) is 0.926. The summed E-state index contributed by atoms with van der Waals surface area (Å²) >= 11 is 5.73. The second-order valence-corrected chi connectivity index (χ2v) is 7.79. The third-order valence-electron chi connectivity index (χ3n) is 5.97. The summed E-state index contributed by atoms with van der Waals surface area (Å²) in [7, 11) is 0. The number of piperidine rings is 1. The Labute approximate surface area is 149 Å². The molecule has 0 spiro atoms. The van der Waals surface area contributed by atoms with Crippen LogP contribution in [0.1, 0.15) is 44.1 Å². The Morgan fingerprint density at radius 3 is 2.83 bits per heavy atom. The van der Waals surface area contributed by atoms with E-state index < -0.39 is 0 Å². The van der Waals surface area contributed by atoms with E-state index in [1.54, 1.807) is 4.90 Å². The molecule has 0 radical (unpaired) electrons. The zero-order valence-electron chi connectivity index (χ0n) is 14.4. The SMILES string of the molecule is Cc1ccccc1-n1cnn(C[NH+]2CCC[C@H]3CCCC[C@@H]32)c1=S. The fourth-order valence-corrected chi connectivity index (χ4v) is 4.96. The molecule has 1 saturated carbocycles. The molecule has 1 saturated heterocycles. The molecule has 0 amide bonds. The number of nitrogens with one attached hydrogen (secondary N) is 1. The number of rotatable bonds is 3. The molecular formula is C19H27N4S+. The van der Waals surface area contributed by atoms with Gasteiger partial charge in [0.05, 0.1) is 18.3 Å². The highest BCUT2D eigenvalue weighted by atomic mass is 32.1. The summed E-state index contributed by atoms with van der Waals surface area (Å²) in [5, 5.41) is 4.62. The van der Waals surface area contributed by atoms with Crippen LogP contribution in [-0.2, 0) is 6.67 Å². The van der Waals surface area contributed by atoms with E-state index in [1.165, 1.54) is 50.6 Å². The lowest BCUT2D eigenvalue weighted by molar-refractivity contribution is -0.958. The number of hydrogen-bond acceptors (Lipinski definition) is 2. The Balaban J connectivity index is 1.57. The molecule has 4 nitrogen and oxygen atoms in total. The minimum Gasteiger partial charge on any atom is -0.314 e. The molecule has 2 aromatic rings. The van der Waals surface area contributed by atoms with Crippen molar-refractivity contribution in [2.45, 2.75) is 58.2 Å². The number of benzene rings is 1. The van der Waals surface area contributed by atoms with E-state index in [-0.39, 0.29) is 0 Å². The number of aryl methyl sites for hydroxylation is 1. The Morgan fingerprint density at radius 2 is 1.96 bits per heavy atom. The fraction of sp³-hybridized carbons (Fsp3) is 0.579. The minimum atomic E-state index is 0.815. The van der Waals surface area contributed by atoms with Gasteiger partial charge in [0.2, 0.25) is 4.77 Å². The summed E-state index contributed by atoms with van der Waals surface area (Å²) in [6.45, 7) is 4.30. The Bertz CT molecular complexity index is 761. The van der Waals surface area contributed by atoms with Crippen LogP contribution >= 0.6 is 12.2 Å². The van der Waals surface area contributed by atoms with Crippen LogP contribution in [0.4, 0.5) is 0 Å². The molecule has 2 aliphatic rings. The number of likely N-dealkylation sites (tertiary alicyclic amines) is 1. The second kappa shape index (κ2) is 6.81. The third kappa shape index (κ3) is 2.95. The van der Waals surface area contributed by atoms with E-state index in [4.69, 9.17) is 12.2 Å². The summed E-state index contributed by atoms with van der Waals surface area (Å²) in [6, 6.07) is 9.18. The summed E-state index contributed by atoms with van der Waals surface area (Å²) in [5.41, 5.74) is 2.36. The van der Waals surface area contributed by atoms with E-state index >= 15 is 0 Å². The van der Waals surface area contributed by atoms with E-state index in [0.29, 0.717) is 0 Å². The van der Waals surface area contributed by atoms with Crippen molar-refractivity contribution in [2.75, 3.05) is 6.54 Å². The first-order valence-electron chi connectivity index (χ1n) is 9.29. The molecule has 4 rings (SSSR count). The zero-order chi connectivity index (χ0) is 16.5. The van der Waals surface area contributed by atoms with Crippen LogP contribution < -0.4 is 4.90 Å². The molecule has 1 aromatic heterocycles. The van der Waals surface area contributed by atoms with Gasteiger partial charge in [-0.3, -0.25) is 4.57 Å². The van der Waals surface area contributed by atoms with E-state index in [2.05, 4.69) is 36.3 Å². The summed E-state index contributed by atoms with van der Waals surface area (Å²) in [4.78, 5) is 1.69. The van der Waals surface area contributed by atoms with Crippen LogP contribution in [0.15, 0.2) is 30.6 Å². The second-order valence-electron chi connectivity index (χ2n) is 7.43. The quantitative estimate of drug-likeness (QED) is 0.868. The fourth-order valence-electron chi connectivity index (χ4n) is 4.70. The molecule has 1 unspecified atom stereocenters. The smallest absolute Gasteiger partial charge is 0.207 e. The highest BCUT2D eigenvalue weighted by Gasteiger charge is 2.36. The molecule has 2 heterocycles. The molecule has 24 heavy (non-hydrogen) atoms. The van der Waals surface area contributed by atoms with E-state index in [1.807, 2.05) is 15.6 Å². The lowest BCUT2D eigenvalue weighted by Gasteiger charge is -2.40. The average Bonchev–Trinajstić information content (AvgIpc) is 2.96. The normalized spacial score (nSPS) is 27.0. The predicted octanol–water partition coefficient (Wildman–Crippen LogP) is 2.91. The van der Waals surface area contributed by atoms with Gasteiger partial charge in [0.15, 0.2) is 6.67 Å². The molecule has 5 heteroatoms. The van der Waals surface area contributed by atoms with Crippen LogP contribution in [0.2, 0.25) is 0 Å². The standard InChI is InChI=1S/C19H26N4S/c1-15-7-2-4-10-17(15)22-13-20-23(19(22)24)14-21-12-6-9-16-8-3-5-11-18(16)21/h2,4,7,10,13,16,18H,3,5-6,8-9,11-12,14H2,1H3/p+1/t16-,18+/m1/s1. The zero-order valence-corrected chi connectivity index (χ0v) is 15.3. The molecule has 1 aromatic carbocycles. The number of quaternary nitrogens is 1. The first-order chi connectivity index (χ1) is 11.7. The van der Waals surface area contributed by atoms with Crippen molar-refractivity contribution in [2.24, 2.45) is 5.92 Å². The van der Waals surface area contributed by atoms with Gasteiger partial charge in [-0.2, -0.15) is 9.78 Å². The van der Waals surface area contributed by atoms with Crippen LogP contribution in [0.25, 0.3) is 5.69 Å². The summed E-state index contributed by atoms with van der Waals surface area (Å²) < 4.78 is 4.90. The van der Waals surface area contributed by atoms with Crippen molar-refractivity contribution in [1.29, 1.82) is 0 Å². The van der Waals surface area contributed by atoms with Gasteiger partial charge in [-0.25, -0.2) is 0 Å². The monoisotopic (exact) mass is 343 g/mol. The molecule has 2 fully saturated rings. The third-order valence-corrected chi connectivity index (χ3v) is 6.37. The predicted molar refractivity (Wildman–Crippen MR) is 97.9 cm³/mol. The van der Waals surface area contributed by atoms with Crippen molar-refractivity contribution < 1.29 is 4.90 Å². The maximum absolute atomic E-state index is 5.73. The van der Waals surface area contributed by atoms with Gasteiger partial charge in [0.1, 0.15) is 6.33 Å².